The van der Waals surface area contributed by atoms with Crippen LogP contribution in [0.3, 0.4) is 0 Å². The summed E-state index contributed by atoms with van der Waals surface area (Å²) in [5, 5.41) is 2.99. The minimum atomic E-state index is 0.578. The largest absolute Gasteiger partial charge is 0.439 e. The third-order valence-corrected chi connectivity index (χ3v) is 3.16. The van der Waals surface area contributed by atoms with E-state index in [1.54, 1.807) is 0 Å². The summed E-state index contributed by atoms with van der Waals surface area (Å²) in [5.41, 5.74) is 2.36. The van der Waals surface area contributed by atoms with Crippen molar-refractivity contribution in [3.63, 3.8) is 0 Å². The van der Waals surface area contributed by atoms with E-state index < -0.39 is 0 Å². The van der Waals surface area contributed by atoms with E-state index in [0.717, 1.165) is 11.6 Å². The number of nitrogens with one attached hydrogen (secondary N) is 1. The number of benzene rings is 2. The van der Waals surface area contributed by atoms with Gasteiger partial charge in [0.05, 0.1) is 0 Å². The molecular formula is C18H16N2O. The van der Waals surface area contributed by atoms with Crippen molar-refractivity contribution in [2.45, 2.75) is 0 Å². The number of hydrogen-bond donors (Lipinski definition) is 1. The average molecular weight is 276 g/mol. The summed E-state index contributed by atoms with van der Waals surface area (Å²) in [7, 11) is 1.83. The van der Waals surface area contributed by atoms with Crippen LogP contribution in [0.4, 0.5) is 5.82 Å². The first kappa shape index (κ1) is 13.2. The first-order valence-electron chi connectivity index (χ1n) is 6.83. The molecule has 0 fully saturated rings. The van der Waals surface area contributed by atoms with E-state index in [4.69, 9.17) is 4.74 Å². The maximum Gasteiger partial charge on any atom is 0.221 e. The van der Waals surface area contributed by atoms with Crippen molar-refractivity contribution in [1.29, 1.82) is 0 Å². The van der Waals surface area contributed by atoms with Gasteiger partial charge in [0, 0.05) is 13.1 Å². The zero-order valence-corrected chi connectivity index (χ0v) is 11.8. The summed E-state index contributed by atoms with van der Waals surface area (Å²) in [4.78, 5) is 4.33. The fraction of sp³-hybridized carbons (Fsp3) is 0.0556. The normalized spacial score (nSPS) is 10.1. The van der Waals surface area contributed by atoms with Crippen LogP contribution in [-0.4, -0.2) is 12.0 Å². The Morgan fingerprint density at radius 1 is 0.762 bits per heavy atom. The van der Waals surface area contributed by atoms with E-state index >= 15 is 0 Å². The van der Waals surface area contributed by atoms with Crippen LogP contribution >= 0.6 is 0 Å². The van der Waals surface area contributed by atoms with Gasteiger partial charge in [0.15, 0.2) is 0 Å². The van der Waals surface area contributed by atoms with Crippen molar-refractivity contribution < 1.29 is 4.74 Å². The van der Waals surface area contributed by atoms with Gasteiger partial charge in [-0.2, -0.15) is 4.98 Å². The molecule has 0 saturated carbocycles. The first-order valence-corrected chi connectivity index (χ1v) is 6.83. The maximum atomic E-state index is 5.76. The molecule has 3 nitrogen and oxygen atoms in total. The van der Waals surface area contributed by atoms with Gasteiger partial charge in [0.25, 0.3) is 0 Å². The van der Waals surface area contributed by atoms with E-state index in [2.05, 4.69) is 22.4 Å². The summed E-state index contributed by atoms with van der Waals surface area (Å²) in [6.45, 7) is 0. The summed E-state index contributed by atoms with van der Waals surface area (Å²) < 4.78 is 5.76. The summed E-state index contributed by atoms with van der Waals surface area (Å²) in [5.74, 6) is 2.14. The molecule has 0 atom stereocenters. The molecule has 0 aliphatic carbocycles. The molecule has 3 heteroatoms. The van der Waals surface area contributed by atoms with Gasteiger partial charge < -0.3 is 10.1 Å². The molecule has 1 heterocycles. The van der Waals surface area contributed by atoms with Crippen molar-refractivity contribution in [1.82, 2.24) is 4.98 Å². The molecule has 3 rings (SSSR count). The van der Waals surface area contributed by atoms with E-state index in [9.17, 15) is 0 Å². The lowest BCUT2D eigenvalue weighted by atomic mass is 10.1. The lowest BCUT2D eigenvalue weighted by Crippen LogP contribution is -1.94. The molecule has 0 amide bonds. The van der Waals surface area contributed by atoms with Gasteiger partial charge in [0.1, 0.15) is 11.6 Å². The molecule has 1 N–H and O–H groups in total. The Bertz CT molecular complexity index is 709. The Labute approximate surface area is 124 Å². The zero-order chi connectivity index (χ0) is 14.5. The molecule has 0 bridgehead atoms. The molecule has 0 aliphatic rings. The summed E-state index contributed by atoms with van der Waals surface area (Å²) >= 11 is 0. The number of aromatic nitrogens is 1. The minimum Gasteiger partial charge on any atom is -0.439 e. The topological polar surface area (TPSA) is 34.1 Å². The number of rotatable bonds is 4. The standard InChI is InChI=1S/C18H16N2O/c1-19-17-8-5-9-18(20-17)21-16-12-10-15(11-13-16)14-6-3-2-4-7-14/h2-13H,1H3,(H,19,20). The third-order valence-electron chi connectivity index (χ3n) is 3.16. The first-order chi connectivity index (χ1) is 10.3. The monoisotopic (exact) mass is 276 g/mol. The summed E-state index contributed by atoms with van der Waals surface area (Å²) in [6, 6.07) is 23.9. The van der Waals surface area contributed by atoms with Gasteiger partial charge in [-0.25, -0.2) is 0 Å². The maximum absolute atomic E-state index is 5.76. The lowest BCUT2D eigenvalue weighted by molar-refractivity contribution is 0.464. The fourth-order valence-corrected chi connectivity index (χ4v) is 2.08. The molecule has 0 unspecified atom stereocenters. The molecule has 104 valence electrons. The van der Waals surface area contributed by atoms with Crippen LogP contribution in [0.25, 0.3) is 11.1 Å². The second-order valence-electron chi connectivity index (χ2n) is 4.60. The molecule has 0 spiro atoms. The Kier molecular flexibility index (Phi) is 3.83. The highest BCUT2D eigenvalue weighted by atomic mass is 16.5. The van der Waals surface area contributed by atoms with Crippen molar-refractivity contribution in [2.75, 3.05) is 12.4 Å². The Morgan fingerprint density at radius 2 is 1.48 bits per heavy atom. The highest BCUT2D eigenvalue weighted by Crippen LogP contribution is 2.25. The van der Waals surface area contributed by atoms with Crippen molar-refractivity contribution in [3.8, 4) is 22.8 Å². The lowest BCUT2D eigenvalue weighted by Gasteiger charge is -2.07. The van der Waals surface area contributed by atoms with E-state index in [1.165, 1.54) is 11.1 Å². The van der Waals surface area contributed by atoms with Gasteiger partial charge in [-0.05, 0) is 29.3 Å². The molecule has 3 aromatic rings. The average Bonchev–Trinajstić information content (AvgIpc) is 2.56. The number of ether oxygens (including phenoxy) is 1. The van der Waals surface area contributed by atoms with Crippen LogP contribution in [0.15, 0.2) is 72.8 Å². The smallest absolute Gasteiger partial charge is 0.221 e. The van der Waals surface area contributed by atoms with Gasteiger partial charge >= 0.3 is 0 Å². The molecule has 2 aromatic carbocycles. The fourth-order valence-electron chi connectivity index (χ4n) is 2.08. The van der Waals surface area contributed by atoms with Crippen LogP contribution in [0.1, 0.15) is 0 Å². The minimum absolute atomic E-state index is 0.578. The molecule has 0 saturated heterocycles. The number of anilines is 1. The second-order valence-corrected chi connectivity index (χ2v) is 4.60. The quantitative estimate of drug-likeness (QED) is 0.757. The highest BCUT2D eigenvalue weighted by molar-refractivity contribution is 5.64. The molecule has 21 heavy (non-hydrogen) atoms. The third kappa shape index (κ3) is 3.20. The van der Waals surface area contributed by atoms with Crippen LogP contribution in [-0.2, 0) is 0 Å². The molecule has 1 aromatic heterocycles. The van der Waals surface area contributed by atoms with E-state index in [-0.39, 0.29) is 0 Å². The Hall–Kier alpha value is -2.81. The second kappa shape index (κ2) is 6.09. The van der Waals surface area contributed by atoms with E-state index in [1.807, 2.05) is 67.7 Å². The Morgan fingerprint density at radius 3 is 2.19 bits per heavy atom. The highest BCUT2D eigenvalue weighted by Gasteiger charge is 2.01. The van der Waals surface area contributed by atoms with Crippen LogP contribution in [0.2, 0.25) is 0 Å². The van der Waals surface area contributed by atoms with Gasteiger partial charge in [0.2, 0.25) is 5.88 Å². The van der Waals surface area contributed by atoms with Gasteiger partial charge in [-0.15, -0.1) is 0 Å². The summed E-state index contributed by atoms with van der Waals surface area (Å²) in [6.07, 6.45) is 0. The number of pyridine rings is 1. The van der Waals surface area contributed by atoms with Crippen LogP contribution < -0.4 is 10.1 Å². The van der Waals surface area contributed by atoms with Gasteiger partial charge in [-0.3, -0.25) is 0 Å². The van der Waals surface area contributed by atoms with Crippen molar-refractivity contribution >= 4 is 5.82 Å². The predicted octanol–water partition coefficient (Wildman–Crippen LogP) is 4.58. The SMILES string of the molecule is CNc1cccc(Oc2ccc(-c3ccccc3)cc2)n1. The predicted molar refractivity (Wildman–Crippen MR) is 85.7 cm³/mol. The van der Waals surface area contributed by atoms with E-state index in [0.29, 0.717) is 5.88 Å². The molecular weight excluding hydrogens is 260 g/mol. The Balaban J connectivity index is 1.78. The molecule has 0 aliphatic heterocycles. The van der Waals surface area contributed by atoms with Crippen LogP contribution in [0, 0.1) is 0 Å². The molecule has 0 radical (unpaired) electrons. The number of hydrogen-bond acceptors (Lipinski definition) is 3. The van der Waals surface area contributed by atoms with Crippen LogP contribution in [0.5, 0.6) is 11.6 Å². The van der Waals surface area contributed by atoms with Crippen molar-refractivity contribution in [3.05, 3.63) is 72.8 Å². The van der Waals surface area contributed by atoms with Crippen molar-refractivity contribution in [2.24, 2.45) is 0 Å². The van der Waals surface area contributed by atoms with Gasteiger partial charge in [-0.1, -0.05) is 48.5 Å². The zero-order valence-electron chi connectivity index (χ0n) is 11.8. The number of nitrogens with zero attached hydrogens (tertiary/aromatic N) is 1.